The van der Waals surface area contributed by atoms with E-state index < -0.39 is 0 Å². The van der Waals surface area contributed by atoms with Gasteiger partial charge in [-0.1, -0.05) is 12.1 Å². The Labute approximate surface area is 127 Å². The molecule has 2 aromatic heterocycles. The zero-order valence-corrected chi connectivity index (χ0v) is 12.6. The predicted molar refractivity (Wildman–Crippen MR) is 82.6 cm³/mol. The summed E-state index contributed by atoms with van der Waals surface area (Å²) in [6.07, 6.45) is 1.92. The van der Waals surface area contributed by atoms with E-state index in [1.165, 1.54) is 0 Å². The van der Waals surface area contributed by atoms with Crippen LogP contribution in [0.25, 0.3) is 5.65 Å². The molecule has 3 aromatic rings. The van der Waals surface area contributed by atoms with Gasteiger partial charge in [-0.15, -0.1) is 11.6 Å². The zero-order chi connectivity index (χ0) is 14.8. The van der Waals surface area contributed by atoms with Crippen LogP contribution >= 0.6 is 11.6 Å². The fourth-order valence-electron chi connectivity index (χ4n) is 2.19. The predicted octanol–water partition coefficient (Wildman–Crippen LogP) is 4.18. The van der Waals surface area contributed by atoms with Crippen LogP contribution in [-0.4, -0.2) is 16.5 Å². The fraction of sp³-hybridized carbons (Fsp3) is 0.188. The van der Waals surface area contributed by atoms with Crippen LogP contribution in [0.2, 0.25) is 0 Å². The second-order valence-electron chi connectivity index (χ2n) is 4.68. The minimum absolute atomic E-state index is 0.314. The van der Waals surface area contributed by atoms with Gasteiger partial charge in [-0.3, -0.25) is 4.40 Å². The zero-order valence-electron chi connectivity index (χ0n) is 11.8. The van der Waals surface area contributed by atoms with Gasteiger partial charge in [-0.25, -0.2) is 0 Å². The van der Waals surface area contributed by atoms with Gasteiger partial charge in [0.2, 0.25) is 5.88 Å². The van der Waals surface area contributed by atoms with Crippen LogP contribution in [0.4, 0.5) is 0 Å². The second-order valence-corrected chi connectivity index (χ2v) is 4.95. The van der Waals surface area contributed by atoms with Crippen molar-refractivity contribution in [2.45, 2.75) is 12.8 Å². The number of aryl methyl sites for hydroxylation is 1. The van der Waals surface area contributed by atoms with E-state index in [9.17, 15) is 0 Å². The monoisotopic (exact) mass is 302 g/mol. The molecule has 3 rings (SSSR count). The summed E-state index contributed by atoms with van der Waals surface area (Å²) in [6.45, 7) is 2.00. The maximum atomic E-state index is 6.05. The number of rotatable bonds is 4. The molecule has 21 heavy (non-hydrogen) atoms. The summed E-state index contributed by atoms with van der Waals surface area (Å²) in [5.74, 6) is 2.11. The lowest BCUT2D eigenvalue weighted by molar-refractivity contribution is 0.373. The lowest BCUT2D eigenvalue weighted by Crippen LogP contribution is -1.94. The lowest BCUT2D eigenvalue weighted by atomic mass is 10.2. The van der Waals surface area contributed by atoms with Crippen molar-refractivity contribution in [3.8, 4) is 17.4 Å². The number of fused-ring (bicyclic) bond motifs is 1. The Bertz CT molecular complexity index is 783. The Hall–Kier alpha value is -2.20. The molecule has 0 radical (unpaired) electrons. The molecule has 4 nitrogen and oxygen atoms in total. The van der Waals surface area contributed by atoms with Crippen LogP contribution in [0, 0.1) is 6.92 Å². The molecule has 108 valence electrons. The Kier molecular flexibility index (Phi) is 3.71. The summed E-state index contributed by atoms with van der Waals surface area (Å²) in [5, 5.41) is 0. The Morgan fingerprint density at radius 3 is 2.81 bits per heavy atom. The highest BCUT2D eigenvalue weighted by atomic mass is 35.5. The van der Waals surface area contributed by atoms with Gasteiger partial charge in [-0.2, -0.15) is 4.98 Å². The average molecular weight is 303 g/mol. The lowest BCUT2D eigenvalue weighted by Gasteiger charge is -2.10. The SMILES string of the molecule is COc1cc(C)ccc1Oc1nc2ccccn2c1CCl. The van der Waals surface area contributed by atoms with Crippen molar-refractivity contribution in [2.75, 3.05) is 7.11 Å². The van der Waals surface area contributed by atoms with E-state index in [0.717, 1.165) is 16.9 Å². The number of imidazole rings is 1. The number of ether oxygens (including phenoxy) is 2. The highest BCUT2D eigenvalue weighted by Gasteiger charge is 2.15. The first-order chi connectivity index (χ1) is 10.2. The molecule has 0 fully saturated rings. The van der Waals surface area contributed by atoms with E-state index in [1.54, 1.807) is 7.11 Å². The summed E-state index contributed by atoms with van der Waals surface area (Å²) in [6, 6.07) is 11.5. The Morgan fingerprint density at radius 2 is 2.05 bits per heavy atom. The first-order valence-electron chi connectivity index (χ1n) is 6.57. The van der Waals surface area contributed by atoms with Gasteiger partial charge in [-0.05, 0) is 36.8 Å². The third-order valence-electron chi connectivity index (χ3n) is 3.24. The number of nitrogens with zero attached hydrogens (tertiary/aromatic N) is 2. The summed E-state index contributed by atoms with van der Waals surface area (Å²) in [7, 11) is 1.62. The largest absolute Gasteiger partial charge is 0.493 e. The molecule has 0 saturated heterocycles. The number of alkyl halides is 1. The van der Waals surface area contributed by atoms with Crippen LogP contribution in [0.15, 0.2) is 42.6 Å². The second kappa shape index (κ2) is 5.66. The van der Waals surface area contributed by atoms with E-state index in [2.05, 4.69) is 4.98 Å². The number of methoxy groups -OCH3 is 1. The van der Waals surface area contributed by atoms with Crippen molar-refractivity contribution in [3.05, 3.63) is 53.9 Å². The van der Waals surface area contributed by atoms with Crippen molar-refractivity contribution in [2.24, 2.45) is 0 Å². The molecule has 0 bridgehead atoms. The minimum atomic E-state index is 0.314. The van der Waals surface area contributed by atoms with Crippen molar-refractivity contribution in [3.63, 3.8) is 0 Å². The third-order valence-corrected chi connectivity index (χ3v) is 3.50. The quantitative estimate of drug-likeness (QED) is 0.678. The van der Waals surface area contributed by atoms with Crippen molar-refractivity contribution in [1.29, 1.82) is 0 Å². The molecule has 2 heterocycles. The van der Waals surface area contributed by atoms with Gasteiger partial charge in [0.1, 0.15) is 11.3 Å². The van der Waals surface area contributed by atoms with Crippen LogP contribution in [-0.2, 0) is 5.88 Å². The van der Waals surface area contributed by atoms with Gasteiger partial charge in [0.05, 0.1) is 13.0 Å². The fourth-order valence-corrected chi connectivity index (χ4v) is 2.43. The maximum Gasteiger partial charge on any atom is 0.242 e. The molecule has 1 aromatic carbocycles. The highest BCUT2D eigenvalue weighted by molar-refractivity contribution is 6.17. The maximum absolute atomic E-state index is 6.05. The molecule has 0 aliphatic rings. The summed E-state index contributed by atoms with van der Waals surface area (Å²) in [4.78, 5) is 4.48. The molecule has 0 spiro atoms. The number of benzene rings is 1. The normalized spacial score (nSPS) is 10.8. The molecule has 0 atom stereocenters. The number of aromatic nitrogens is 2. The van der Waals surface area contributed by atoms with Gasteiger partial charge in [0.25, 0.3) is 0 Å². The number of hydrogen-bond donors (Lipinski definition) is 0. The summed E-state index contributed by atoms with van der Waals surface area (Å²) < 4.78 is 13.2. The van der Waals surface area contributed by atoms with E-state index in [0.29, 0.717) is 23.3 Å². The molecule has 0 aliphatic carbocycles. The first kappa shape index (κ1) is 13.8. The van der Waals surface area contributed by atoms with Crippen LogP contribution in [0.3, 0.4) is 0 Å². The van der Waals surface area contributed by atoms with Gasteiger partial charge in [0, 0.05) is 6.20 Å². The molecular formula is C16H15ClN2O2. The molecular weight excluding hydrogens is 288 g/mol. The van der Waals surface area contributed by atoms with Gasteiger partial charge >= 0.3 is 0 Å². The first-order valence-corrected chi connectivity index (χ1v) is 7.11. The van der Waals surface area contributed by atoms with Crippen molar-refractivity contribution >= 4 is 17.2 Å². The standard InChI is InChI=1S/C16H15ClN2O2/c1-11-6-7-13(14(9-11)20-2)21-16-12(10-17)19-8-4-3-5-15(19)18-16/h3-9H,10H2,1-2H3. The molecule has 0 N–H and O–H groups in total. The average Bonchev–Trinajstić information content (AvgIpc) is 2.86. The summed E-state index contributed by atoms with van der Waals surface area (Å²) >= 11 is 6.05. The van der Waals surface area contributed by atoms with E-state index in [1.807, 2.05) is 53.9 Å². The third kappa shape index (κ3) is 2.54. The highest BCUT2D eigenvalue weighted by Crippen LogP contribution is 2.34. The minimum Gasteiger partial charge on any atom is -0.493 e. The van der Waals surface area contributed by atoms with Crippen molar-refractivity contribution < 1.29 is 9.47 Å². The van der Waals surface area contributed by atoms with E-state index in [-0.39, 0.29) is 0 Å². The Balaban J connectivity index is 2.06. The molecule has 0 amide bonds. The number of halogens is 1. The Morgan fingerprint density at radius 1 is 1.19 bits per heavy atom. The number of hydrogen-bond acceptors (Lipinski definition) is 3. The topological polar surface area (TPSA) is 35.8 Å². The summed E-state index contributed by atoms with van der Waals surface area (Å²) in [5.41, 5.74) is 2.72. The van der Waals surface area contributed by atoms with Crippen molar-refractivity contribution in [1.82, 2.24) is 9.38 Å². The molecule has 5 heteroatoms. The molecule has 0 saturated carbocycles. The van der Waals surface area contributed by atoms with E-state index in [4.69, 9.17) is 21.1 Å². The van der Waals surface area contributed by atoms with Gasteiger partial charge < -0.3 is 9.47 Å². The van der Waals surface area contributed by atoms with Crippen LogP contribution in [0.1, 0.15) is 11.3 Å². The van der Waals surface area contributed by atoms with Crippen LogP contribution < -0.4 is 9.47 Å². The van der Waals surface area contributed by atoms with E-state index >= 15 is 0 Å². The molecule has 0 unspecified atom stereocenters. The van der Waals surface area contributed by atoms with Gasteiger partial charge in [0.15, 0.2) is 11.5 Å². The molecule has 0 aliphatic heterocycles. The number of pyridine rings is 1. The smallest absolute Gasteiger partial charge is 0.242 e. The van der Waals surface area contributed by atoms with Crippen LogP contribution in [0.5, 0.6) is 17.4 Å².